The molecule has 0 amide bonds. The van der Waals surface area contributed by atoms with Gasteiger partial charge >= 0.3 is 0 Å². The zero-order chi connectivity index (χ0) is 8.27. The van der Waals surface area contributed by atoms with Gasteiger partial charge in [0, 0.05) is 12.2 Å². The summed E-state index contributed by atoms with van der Waals surface area (Å²) in [6.45, 7) is 0. The van der Waals surface area contributed by atoms with Crippen molar-refractivity contribution in [2.24, 2.45) is 0 Å². The predicted octanol–water partition coefficient (Wildman–Crippen LogP) is 1.61. The van der Waals surface area contributed by atoms with Crippen molar-refractivity contribution in [1.29, 1.82) is 0 Å². The summed E-state index contributed by atoms with van der Waals surface area (Å²) < 4.78 is 12.5. The zero-order valence-corrected chi connectivity index (χ0v) is 5.61. The summed E-state index contributed by atoms with van der Waals surface area (Å²) in [5, 5.41) is 10.1. The smallest absolute Gasteiger partial charge is 0.258 e. The maximum atomic E-state index is 12.5. The molecule has 1 unspecified atom stereocenters. The second-order valence-electron chi connectivity index (χ2n) is 2.04. The maximum absolute atomic E-state index is 12.5. The summed E-state index contributed by atoms with van der Waals surface area (Å²) in [4.78, 5) is 9.59. The SMILES string of the molecule is O=[N+]([O-])C1=CC=CC(F)C=C1. The van der Waals surface area contributed by atoms with Gasteiger partial charge in [-0.3, -0.25) is 10.1 Å². The zero-order valence-electron chi connectivity index (χ0n) is 5.61. The van der Waals surface area contributed by atoms with Gasteiger partial charge in [0.25, 0.3) is 5.70 Å². The van der Waals surface area contributed by atoms with Gasteiger partial charge in [0.15, 0.2) is 0 Å². The van der Waals surface area contributed by atoms with E-state index in [1.807, 2.05) is 0 Å². The van der Waals surface area contributed by atoms with Crippen LogP contribution >= 0.6 is 0 Å². The molecular weight excluding hydrogens is 149 g/mol. The summed E-state index contributed by atoms with van der Waals surface area (Å²) >= 11 is 0. The number of nitro groups is 1. The van der Waals surface area contributed by atoms with E-state index < -0.39 is 11.1 Å². The second kappa shape index (κ2) is 3.09. The molecule has 3 nitrogen and oxygen atoms in total. The lowest BCUT2D eigenvalue weighted by atomic mass is 10.3. The number of rotatable bonds is 1. The topological polar surface area (TPSA) is 43.1 Å². The van der Waals surface area contributed by atoms with Crippen LogP contribution in [0.1, 0.15) is 0 Å². The molecule has 0 N–H and O–H groups in total. The van der Waals surface area contributed by atoms with Crippen LogP contribution in [0.5, 0.6) is 0 Å². The van der Waals surface area contributed by atoms with E-state index >= 15 is 0 Å². The van der Waals surface area contributed by atoms with E-state index in [9.17, 15) is 14.5 Å². The Morgan fingerprint density at radius 3 is 2.91 bits per heavy atom. The molecule has 0 saturated carbocycles. The Morgan fingerprint density at radius 1 is 1.55 bits per heavy atom. The molecule has 0 radical (unpaired) electrons. The van der Waals surface area contributed by atoms with E-state index in [0.29, 0.717) is 0 Å². The van der Waals surface area contributed by atoms with Crippen molar-refractivity contribution < 1.29 is 9.31 Å². The minimum atomic E-state index is -1.22. The molecule has 1 aliphatic carbocycles. The quantitative estimate of drug-likeness (QED) is 0.426. The van der Waals surface area contributed by atoms with Crippen molar-refractivity contribution in [1.82, 2.24) is 0 Å². The van der Waals surface area contributed by atoms with Gasteiger partial charge in [-0.2, -0.15) is 0 Å². The number of allylic oxidation sites excluding steroid dienone is 5. The number of hydrogen-bond donors (Lipinski definition) is 0. The molecule has 0 aromatic carbocycles. The van der Waals surface area contributed by atoms with Gasteiger partial charge in [0.2, 0.25) is 0 Å². The first-order chi connectivity index (χ1) is 5.20. The summed E-state index contributed by atoms with van der Waals surface area (Å²) in [5.41, 5.74) is -0.0959. The summed E-state index contributed by atoms with van der Waals surface area (Å²) in [6.07, 6.45) is 4.91. The fourth-order valence-electron chi connectivity index (χ4n) is 0.692. The molecule has 4 heteroatoms. The minimum absolute atomic E-state index is 0.0959. The lowest BCUT2D eigenvalue weighted by Crippen LogP contribution is -1.94. The molecule has 1 aliphatic rings. The Labute approximate surface area is 62.7 Å². The van der Waals surface area contributed by atoms with Gasteiger partial charge in [-0.05, 0) is 12.2 Å². The maximum Gasteiger partial charge on any atom is 0.269 e. The highest BCUT2D eigenvalue weighted by atomic mass is 19.1. The Morgan fingerprint density at radius 2 is 2.27 bits per heavy atom. The highest BCUT2D eigenvalue weighted by Crippen LogP contribution is 2.07. The van der Waals surface area contributed by atoms with Gasteiger partial charge in [-0.1, -0.05) is 6.08 Å². The number of nitrogens with zero attached hydrogens (tertiary/aromatic N) is 1. The summed E-state index contributed by atoms with van der Waals surface area (Å²) in [6, 6.07) is 0. The third-order valence-corrected chi connectivity index (χ3v) is 1.22. The molecule has 1 rings (SSSR count). The Kier molecular flexibility index (Phi) is 2.15. The molecular formula is C7H6FNO2. The minimum Gasteiger partial charge on any atom is -0.258 e. The van der Waals surface area contributed by atoms with Crippen molar-refractivity contribution in [3.05, 3.63) is 46.2 Å². The standard InChI is InChI=1S/C7H6FNO2/c8-6-2-1-3-7(5-4-6)9(10)11/h1-6H. The van der Waals surface area contributed by atoms with Crippen molar-refractivity contribution >= 4 is 0 Å². The second-order valence-corrected chi connectivity index (χ2v) is 2.04. The van der Waals surface area contributed by atoms with Crippen molar-refractivity contribution in [3.8, 4) is 0 Å². The molecule has 1 atom stereocenters. The Bertz CT molecular complexity index is 255. The molecule has 0 saturated heterocycles. The van der Waals surface area contributed by atoms with Gasteiger partial charge in [0.05, 0.1) is 4.92 Å². The molecule has 0 fully saturated rings. The summed E-state index contributed by atoms with van der Waals surface area (Å²) in [7, 11) is 0. The highest BCUT2D eigenvalue weighted by molar-refractivity contribution is 5.24. The highest BCUT2D eigenvalue weighted by Gasteiger charge is 2.07. The van der Waals surface area contributed by atoms with Crippen molar-refractivity contribution in [2.45, 2.75) is 6.17 Å². The average molecular weight is 155 g/mol. The van der Waals surface area contributed by atoms with Crippen LogP contribution in [-0.2, 0) is 0 Å². The van der Waals surface area contributed by atoms with Crippen molar-refractivity contribution in [2.75, 3.05) is 0 Å². The number of halogens is 1. The molecule has 0 aromatic rings. The first kappa shape index (κ1) is 7.65. The van der Waals surface area contributed by atoms with Gasteiger partial charge < -0.3 is 0 Å². The average Bonchev–Trinajstić information content (AvgIpc) is 2.13. The van der Waals surface area contributed by atoms with Crippen LogP contribution in [0.2, 0.25) is 0 Å². The lowest BCUT2D eigenvalue weighted by molar-refractivity contribution is -0.419. The van der Waals surface area contributed by atoms with E-state index in [1.54, 1.807) is 0 Å². The van der Waals surface area contributed by atoms with Crippen LogP contribution in [0.3, 0.4) is 0 Å². The van der Waals surface area contributed by atoms with Crippen molar-refractivity contribution in [3.63, 3.8) is 0 Å². The van der Waals surface area contributed by atoms with Gasteiger partial charge in [-0.15, -0.1) is 0 Å². The van der Waals surface area contributed by atoms with Crippen LogP contribution in [0.15, 0.2) is 36.1 Å². The predicted molar refractivity (Wildman–Crippen MR) is 38.3 cm³/mol. The lowest BCUT2D eigenvalue weighted by Gasteiger charge is -1.87. The number of hydrogen-bond acceptors (Lipinski definition) is 2. The first-order valence-electron chi connectivity index (χ1n) is 3.05. The van der Waals surface area contributed by atoms with Crippen LogP contribution < -0.4 is 0 Å². The number of alkyl halides is 1. The van der Waals surface area contributed by atoms with E-state index in [2.05, 4.69) is 0 Å². The third-order valence-electron chi connectivity index (χ3n) is 1.22. The summed E-state index contributed by atoms with van der Waals surface area (Å²) in [5.74, 6) is 0. The first-order valence-corrected chi connectivity index (χ1v) is 3.05. The van der Waals surface area contributed by atoms with Crippen LogP contribution in [0, 0.1) is 10.1 Å². The molecule has 58 valence electrons. The third kappa shape index (κ3) is 2.00. The van der Waals surface area contributed by atoms with E-state index in [0.717, 1.165) is 12.2 Å². The Hall–Kier alpha value is -1.45. The van der Waals surface area contributed by atoms with E-state index in [4.69, 9.17) is 0 Å². The van der Waals surface area contributed by atoms with Crippen LogP contribution in [0.25, 0.3) is 0 Å². The fourth-order valence-corrected chi connectivity index (χ4v) is 0.692. The molecule has 11 heavy (non-hydrogen) atoms. The molecule has 0 aliphatic heterocycles. The molecule has 0 aromatic heterocycles. The molecule has 0 spiro atoms. The molecule has 0 bridgehead atoms. The van der Waals surface area contributed by atoms with Gasteiger partial charge in [-0.25, -0.2) is 4.39 Å². The molecule has 0 heterocycles. The Balaban J connectivity index is 2.85. The fraction of sp³-hybridized carbons (Fsp3) is 0.143. The van der Waals surface area contributed by atoms with E-state index in [1.165, 1.54) is 18.2 Å². The van der Waals surface area contributed by atoms with Gasteiger partial charge in [0.1, 0.15) is 6.17 Å². The normalized spacial score (nSPS) is 22.6. The largest absolute Gasteiger partial charge is 0.269 e. The van der Waals surface area contributed by atoms with Crippen LogP contribution in [-0.4, -0.2) is 11.1 Å². The monoisotopic (exact) mass is 155 g/mol. The van der Waals surface area contributed by atoms with E-state index in [-0.39, 0.29) is 5.70 Å². The van der Waals surface area contributed by atoms with Crippen LogP contribution in [0.4, 0.5) is 4.39 Å².